The molecule has 0 fully saturated rings. The smallest absolute Gasteiger partial charge is 0.262 e. The zero-order valence-electron chi connectivity index (χ0n) is 17.8. The van der Waals surface area contributed by atoms with Crippen LogP contribution in [0.1, 0.15) is 40.2 Å². The Kier molecular flexibility index (Phi) is 8.38. The fraction of sp³-hybridized carbons (Fsp3) is 0.280. The van der Waals surface area contributed by atoms with Gasteiger partial charge in [-0.1, -0.05) is 74.5 Å². The van der Waals surface area contributed by atoms with Gasteiger partial charge < -0.3 is 15.4 Å². The summed E-state index contributed by atoms with van der Waals surface area (Å²) in [5.74, 6) is -0.436. The highest BCUT2D eigenvalue weighted by Crippen LogP contribution is 2.12. The molecule has 0 saturated carbocycles. The maximum atomic E-state index is 12.7. The van der Waals surface area contributed by atoms with E-state index in [1.165, 1.54) is 11.3 Å². The van der Waals surface area contributed by atoms with Crippen LogP contribution in [0.3, 0.4) is 0 Å². The Labute approximate surface area is 187 Å². The molecule has 3 aromatic rings. The zero-order chi connectivity index (χ0) is 22.1. The highest BCUT2D eigenvalue weighted by atomic mass is 32.1. The van der Waals surface area contributed by atoms with E-state index in [9.17, 15) is 9.59 Å². The Morgan fingerprint density at radius 1 is 0.903 bits per heavy atom. The number of benzene rings is 2. The summed E-state index contributed by atoms with van der Waals surface area (Å²) >= 11 is 1.36. The number of ether oxygens (including phenoxy) is 1. The van der Waals surface area contributed by atoms with Crippen molar-refractivity contribution in [3.05, 3.63) is 93.7 Å². The van der Waals surface area contributed by atoms with Crippen molar-refractivity contribution in [3.63, 3.8) is 0 Å². The fourth-order valence-electron chi connectivity index (χ4n) is 3.14. The van der Waals surface area contributed by atoms with E-state index >= 15 is 0 Å². The van der Waals surface area contributed by atoms with Gasteiger partial charge >= 0.3 is 0 Å². The minimum Gasteiger partial charge on any atom is -0.372 e. The molecule has 6 heteroatoms. The van der Waals surface area contributed by atoms with Gasteiger partial charge in [0.1, 0.15) is 6.04 Å². The van der Waals surface area contributed by atoms with Gasteiger partial charge in [0.05, 0.1) is 18.1 Å². The quantitative estimate of drug-likeness (QED) is 0.490. The Bertz CT molecular complexity index is 971. The second kappa shape index (κ2) is 11.4. The van der Waals surface area contributed by atoms with E-state index in [0.717, 1.165) is 16.7 Å². The van der Waals surface area contributed by atoms with Gasteiger partial charge in [-0.15, -0.1) is 11.3 Å². The normalized spacial score (nSPS) is 11.8. The van der Waals surface area contributed by atoms with Crippen molar-refractivity contribution >= 4 is 23.2 Å². The van der Waals surface area contributed by atoms with E-state index in [0.29, 0.717) is 24.6 Å². The van der Waals surface area contributed by atoms with Crippen molar-refractivity contribution in [2.45, 2.75) is 39.6 Å². The predicted molar refractivity (Wildman–Crippen MR) is 124 cm³/mol. The van der Waals surface area contributed by atoms with Gasteiger partial charge in [-0.2, -0.15) is 0 Å². The average Bonchev–Trinajstić information content (AvgIpc) is 3.32. The number of rotatable bonds is 10. The van der Waals surface area contributed by atoms with Gasteiger partial charge in [0, 0.05) is 6.54 Å². The summed E-state index contributed by atoms with van der Waals surface area (Å²) in [6.07, 6.45) is 0. The topological polar surface area (TPSA) is 67.4 Å². The molecule has 5 nitrogen and oxygen atoms in total. The molecule has 1 aromatic heterocycles. The van der Waals surface area contributed by atoms with Crippen molar-refractivity contribution in [3.8, 4) is 0 Å². The first kappa shape index (κ1) is 22.7. The highest BCUT2D eigenvalue weighted by Gasteiger charge is 2.24. The minimum atomic E-state index is -0.591. The summed E-state index contributed by atoms with van der Waals surface area (Å²) in [4.78, 5) is 25.7. The predicted octanol–water partition coefficient (Wildman–Crippen LogP) is 4.54. The van der Waals surface area contributed by atoms with E-state index in [2.05, 4.69) is 10.6 Å². The van der Waals surface area contributed by atoms with E-state index in [4.69, 9.17) is 4.74 Å². The van der Waals surface area contributed by atoms with Gasteiger partial charge in [-0.3, -0.25) is 9.59 Å². The molecule has 0 spiro atoms. The summed E-state index contributed by atoms with van der Waals surface area (Å²) in [5, 5.41) is 7.64. The van der Waals surface area contributed by atoms with Crippen LogP contribution < -0.4 is 10.6 Å². The standard InChI is InChI=1S/C25H28N2O3S/c1-18(2)23(27-24(28)22-12-7-13-31-22)25(29)26-15-20-10-6-11-21(14-20)17-30-16-19-8-4-3-5-9-19/h3-14,18,23H,15-17H2,1-2H3,(H,26,29)(H,27,28). The van der Waals surface area contributed by atoms with Crippen LogP contribution in [0.2, 0.25) is 0 Å². The molecule has 162 valence electrons. The molecular weight excluding hydrogens is 408 g/mol. The van der Waals surface area contributed by atoms with E-state index in [1.54, 1.807) is 6.07 Å². The van der Waals surface area contributed by atoms with Gasteiger partial charge in [0.15, 0.2) is 0 Å². The first-order chi connectivity index (χ1) is 15.0. The van der Waals surface area contributed by atoms with Gasteiger partial charge in [-0.25, -0.2) is 0 Å². The number of hydrogen-bond donors (Lipinski definition) is 2. The highest BCUT2D eigenvalue weighted by molar-refractivity contribution is 7.12. The molecule has 3 rings (SSSR count). The molecule has 1 heterocycles. The SMILES string of the molecule is CC(C)C(NC(=O)c1cccs1)C(=O)NCc1cccc(COCc2ccccc2)c1. The maximum absolute atomic E-state index is 12.7. The molecule has 31 heavy (non-hydrogen) atoms. The number of hydrogen-bond acceptors (Lipinski definition) is 4. The molecule has 0 aliphatic rings. The average molecular weight is 437 g/mol. The lowest BCUT2D eigenvalue weighted by molar-refractivity contribution is -0.124. The third-order valence-corrected chi connectivity index (χ3v) is 5.69. The Morgan fingerprint density at radius 3 is 2.32 bits per heavy atom. The molecule has 2 aromatic carbocycles. The lowest BCUT2D eigenvalue weighted by Gasteiger charge is -2.21. The third-order valence-electron chi connectivity index (χ3n) is 4.82. The Morgan fingerprint density at radius 2 is 1.61 bits per heavy atom. The molecule has 0 bridgehead atoms. The van der Waals surface area contributed by atoms with E-state index in [1.807, 2.05) is 79.9 Å². The molecule has 1 unspecified atom stereocenters. The molecule has 0 aliphatic carbocycles. The van der Waals surface area contributed by atoms with Gasteiger partial charge in [0.2, 0.25) is 5.91 Å². The second-order valence-electron chi connectivity index (χ2n) is 7.69. The minimum absolute atomic E-state index is 0.0263. The van der Waals surface area contributed by atoms with Crippen LogP contribution >= 0.6 is 11.3 Å². The van der Waals surface area contributed by atoms with Crippen LogP contribution in [0.4, 0.5) is 0 Å². The maximum Gasteiger partial charge on any atom is 0.262 e. The summed E-state index contributed by atoms with van der Waals surface area (Å²) in [6, 6.07) is 21.0. The number of nitrogens with one attached hydrogen (secondary N) is 2. The van der Waals surface area contributed by atoms with E-state index < -0.39 is 6.04 Å². The molecule has 2 amide bonds. The Hall–Kier alpha value is -2.96. The first-order valence-corrected chi connectivity index (χ1v) is 11.2. The zero-order valence-corrected chi connectivity index (χ0v) is 18.7. The Balaban J connectivity index is 1.51. The number of thiophene rings is 1. The van der Waals surface area contributed by atoms with Crippen molar-refractivity contribution in [1.82, 2.24) is 10.6 Å². The monoisotopic (exact) mass is 436 g/mol. The molecule has 0 radical (unpaired) electrons. The molecule has 1 atom stereocenters. The van der Waals surface area contributed by atoms with Crippen LogP contribution in [0, 0.1) is 5.92 Å². The summed E-state index contributed by atoms with van der Waals surface area (Å²) in [7, 11) is 0. The second-order valence-corrected chi connectivity index (χ2v) is 8.64. The van der Waals surface area contributed by atoms with Crippen molar-refractivity contribution in [1.29, 1.82) is 0 Å². The molecule has 0 saturated heterocycles. The number of carbonyl (C=O) groups excluding carboxylic acids is 2. The van der Waals surface area contributed by atoms with Crippen LogP contribution in [0.5, 0.6) is 0 Å². The van der Waals surface area contributed by atoms with Crippen molar-refractivity contribution < 1.29 is 14.3 Å². The fourth-order valence-corrected chi connectivity index (χ4v) is 3.77. The molecular formula is C25H28N2O3S. The van der Waals surface area contributed by atoms with Crippen molar-refractivity contribution in [2.24, 2.45) is 5.92 Å². The number of carbonyl (C=O) groups is 2. The first-order valence-electron chi connectivity index (χ1n) is 10.3. The van der Waals surface area contributed by atoms with Gasteiger partial charge in [-0.05, 0) is 34.1 Å². The summed E-state index contributed by atoms with van der Waals surface area (Å²) in [5.41, 5.74) is 3.17. The van der Waals surface area contributed by atoms with Crippen LogP contribution in [-0.2, 0) is 29.3 Å². The van der Waals surface area contributed by atoms with Crippen molar-refractivity contribution in [2.75, 3.05) is 0 Å². The molecule has 0 aliphatic heterocycles. The largest absolute Gasteiger partial charge is 0.372 e. The summed E-state index contributed by atoms with van der Waals surface area (Å²) < 4.78 is 5.80. The summed E-state index contributed by atoms with van der Waals surface area (Å²) in [6.45, 7) is 5.29. The lowest BCUT2D eigenvalue weighted by atomic mass is 10.0. The lowest BCUT2D eigenvalue weighted by Crippen LogP contribution is -2.49. The van der Waals surface area contributed by atoms with Crippen LogP contribution in [0.25, 0.3) is 0 Å². The molecule has 2 N–H and O–H groups in total. The van der Waals surface area contributed by atoms with E-state index in [-0.39, 0.29) is 17.7 Å². The van der Waals surface area contributed by atoms with Gasteiger partial charge in [0.25, 0.3) is 5.91 Å². The van der Waals surface area contributed by atoms with Crippen LogP contribution in [0.15, 0.2) is 72.1 Å². The van der Waals surface area contributed by atoms with Crippen LogP contribution in [-0.4, -0.2) is 17.9 Å². The third kappa shape index (κ3) is 7.05. The number of amides is 2.